The Hall–Kier alpha value is -1.94. The molecule has 3 N–H and O–H groups in total. The quantitative estimate of drug-likeness (QED) is 0.0222. The summed E-state index contributed by atoms with van der Waals surface area (Å²) in [6.07, 6.45) is 45.7. The second-order valence-corrected chi connectivity index (χ2v) is 29.7. The third-order valence-electron chi connectivity index (χ3n) is 16.7. The van der Waals surface area contributed by atoms with Crippen molar-refractivity contribution in [2.24, 2.45) is 17.8 Å². The second kappa shape index (κ2) is 61.9. The number of hydrogen-bond acceptors (Lipinski definition) is 15. The Morgan fingerprint density at radius 2 is 0.567 bits per heavy atom. The molecule has 3 unspecified atom stereocenters. The maximum absolute atomic E-state index is 13.0. The summed E-state index contributed by atoms with van der Waals surface area (Å²) in [5.74, 6) is 0.174. The van der Waals surface area contributed by atoms with E-state index in [0.29, 0.717) is 25.7 Å². The molecule has 0 bridgehead atoms. The van der Waals surface area contributed by atoms with Gasteiger partial charge in [0.1, 0.15) is 19.3 Å². The van der Waals surface area contributed by atoms with Gasteiger partial charge in [-0.2, -0.15) is 0 Å². The van der Waals surface area contributed by atoms with Crippen LogP contribution in [-0.2, 0) is 65.4 Å². The first kappa shape index (κ1) is 88.1. The van der Waals surface area contributed by atoms with E-state index in [1.807, 2.05) is 0 Å². The van der Waals surface area contributed by atoms with Gasteiger partial charge in [-0.25, -0.2) is 9.13 Å². The van der Waals surface area contributed by atoms with Crippen LogP contribution >= 0.6 is 15.6 Å². The molecular formula is C71H138O17P2. The molecule has 0 aromatic rings. The fourth-order valence-corrected chi connectivity index (χ4v) is 12.3. The van der Waals surface area contributed by atoms with Gasteiger partial charge in [0.2, 0.25) is 0 Å². The number of phosphoric ester groups is 2. The summed E-state index contributed by atoms with van der Waals surface area (Å²) >= 11 is 0. The molecule has 0 saturated carbocycles. The van der Waals surface area contributed by atoms with E-state index in [4.69, 9.17) is 37.0 Å². The number of hydrogen-bond donors (Lipinski definition) is 3. The fraction of sp³-hybridized carbons (Fsp3) is 0.944. The lowest BCUT2D eigenvalue weighted by atomic mass is 9.99. The van der Waals surface area contributed by atoms with Gasteiger partial charge in [-0.05, 0) is 43.4 Å². The molecule has 0 aromatic heterocycles. The van der Waals surface area contributed by atoms with E-state index < -0.39 is 97.5 Å². The Balaban J connectivity index is 5.25. The van der Waals surface area contributed by atoms with Crippen LogP contribution in [0.5, 0.6) is 0 Å². The third-order valence-corrected chi connectivity index (χ3v) is 18.6. The normalized spacial score (nSPS) is 14.5. The molecule has 0 rings (SSSR count). The Bertz CT molecular complexity index is 1770. The lowest BCUT2D eigenvalue weighted by molar-refractivity contribution is -0.161. The van der Waals surface area contributed by atoms with E-state index >= 15 is 0 Å². The predicted octanol–water partition coefficient (Wildman–Crippen LogP) is 20.2. The SMILES string of the molecule is CCCCCCCCCCCCC(=O)OC[C@H](COP(=O)(O)OC[C@H](O)COP(=O)(O)OC[C@@H](COC(=O)CCCCCCCCCCCC(C)C)OC(=O)CCCCCCCCCCCCCCCC(C)C)OC(=O)CCCCCCCCCCC(C)CC. The minimum atomic E-state index is -4.95. The molecular weight excluding hydrogens is 1190 g/mol. The molecule has 0 aliphatic carbocycles. The maximum atomic E-state index is 13.0. The molecule has 0 aromatic carbocycles. The molecule has 90 heavy (non-hydrogen) atoms. The number of unbranched alkanes of at least 4 members (excludes halogenated alkanes) is 36. The van der Waals surface area contributed by atoms with Crippen molar-refractivity contribution < 1.29 is 80.2 Å². The van der Waals surface area contributed by atoms with Crippen LogP contribution in [0.2, 0.25) is 0 Å². The van der Waals surface area contributed by atoms with Gasteiger partial charge >= 0.3 is 39.5 Å². The fourth-order valence-electron chi connectivity index (χ4n) is 10.7. The zero-order valence-electron chi connectivity index (χ0n) is 58.6. The van der Waals surface area contributed by atoms with Crippen molar-refractivity contribution in [3.8, 4) is 0 Å². The summed E-state index contributed by atoms with van der Waals surface area (Å²) in [4.78, 5) is 72.6. The Morgan fingerprint density at radius 3 is 0.844 bits per heavy atom. The zero-order chi connectivity index (χ0) is 66.6. The highest BCUT2D eigenvalue weighted by Crippen LogP contribution is 2.45. The van der Waals surface area contributed by atoms with Crippen LogP contribution in [0.4, 0.5) is 0 Å². The van der Waals surface area contributed by atoms with Crippen LogP contribution in [0.1, 0.15) is 357 Å². The van der Waals surface area contributed by atoms with Crippen LogP contribution in [0.25, 0.3) is 0 Å². The molecule has 17 nitrogen and oxygen atoms in total. The van der Waals surface area contributed by atoms with Crippen molar-refractivity contribution in [3.63, 3.8) is 0 Å². The molecule has 0 aliphatic rings. The molecule has 19 heteroatoms. The molecule has 0 radical (unpaired) electrons. The molecule has 0 heterocycles. The third kappa shape index (κ3) is 63.5. The monoisotopic (exact) mass is 1320 g/mol. The number of phosphoric acid groups is 2. The van der Waals surface area contributed by atoms with E-state index in [1.54, 1.807) is 0 Å². The number of carbonyl (C=O) groups excluding carboxylic acids is 4. The van der Waals surface area contributed by atoms with Crippen LogP contribution in [0.15, 0.2) is 0 Å². The lowest BCUT2D eigenvalue weighted by Crippen LogP contribution is -2.30. The van der Waals surface area contributed by atoms with Crippen LogP contribution in [0, 0.1) is 17.8 Å². The van der Waals surface area contributed by atoms with Crippen molar-refractivity contribution in [2.45, 2.75) is 375 Å². The molecule has 0 saturated heterocycles. The van der Waals surface area contributed by atoms with Crippen molar-refractivity contribution >= 4 is 39.5 Å². The van der Waals surface area contributed by atoms with Gasteiger partial charge < -0.3 is 33.8 Å². The van der Waals surface area contributed by atoms with Crippen LogP contribution in [0.3, 0.4) is 0 Å². The first-order valence-electron chi connectivity index (χ1n) is 36.9. The smallest absolute Gasteiger partial charge is 0.462 e. The molecule has 0 spiro atoms. The number of esters is 4. The van der Waals surface area contributed by atoms with Crippen molar-refractivity contribution in [3.05, 3.63) is 0 Å². The van der Waals surface area contributed by atoms with E-state index in [0.717, 1.165) is 108 Å². The van der Waals surface area contributed by atoms with Gasteiger partial charge in [0, 0.05) is 25.7 Å². The van der Waals surface area contributed by atoms with E-state index in [1.165, 1.54) is 167 Å². The molecule has 6 atom stereocenters. The molecule has 534 valence electrons. The predicted molar refractivity (Wildman–Crippen MR) is 363 cm³/mol. The van der Waals surface area contributed by atoms with E-state index in [9.17, 15) is 43.2 Å². The van der Waals surface area contributed by atoms with Gasteiger partial charge in [0.15, 0.2) is 12.2 Å². The van der Waals surface area contributed by atoms with Gasteiger partial charge in [0.25, 0.3) is 0 Å². The van der Waals surface area contributed by atoms with E-state index in [2.05, 4.69) is 48.5 Å². The van der Waals surface area contributed by atoms with Gasteiger partial charge in [-0.3, -0.25) is 37.3 Å². The first-order chi connectivity index (χ1) is 43.3. The number of aliphatic hydroxyl groups excluding tert-OH is 1. The minimum absolute atomic E-state index is 0.105. The maximum Gasteiger partial charge on any atom is 0.472 e. The van der Waals surface area contributed by atoms with Crippen molar-refractivity contribution in [1.82, 2.24) is 0 Å². The molecule has 0 amide bonds. The summed E-state index contributed by atoms with van der Waals surface area (Å²) in [5, 5.41) is 10.6. The van der Waals surface area contributed by atoms with Crippen LogP contribution in [-0.4, -0.2) is 96.7 Å². The summed E-state index contributed by atoms with van der Waals surface area (Å²) in [7, 11) is -9.90. The minimum Gasteiger partial charge on any atom is -0.462 e. The summed E-state index contributed by atoms with van der Waals surface area (Å²) in [6.45, 7) is 11.8. The second-order valence-electron chi connectivity index (χ2n) is 26.8. The summed E-state index contributed by atoms with van der Waals surface area (Å²) < 4.78 is 68.3. The summed E-state index contributed by atoms with van der Waals surface area (Å²) in [5.41, 5.74) is 0. The highest BCUT2D eigenvalue weighted by atomic mass is 31.2. The Kier molecular flexibility index (Phi) is 60.6. The van der Waals surface area contributed by atoms with Crippen molar-refractivity contribution in [2.75, 3.05) is 39.6 Å². The Labute approximate surface area is 549 Å². The molecule has 0 fully saturated rings. The first-order valence-corrected chi connectivity index (χ1v) is 39.9. The average Bonchev–Trinajstić information content (AvgIpc) is 3.59. The van der Waals surface area contributed by atoms with Gasteiger partial charge in [-0.15, -0.1) is 0 Å². The topological polar surface area (TPSA) is 237 Å². The standard InChI is InChI=1S/C71H138O17P2/c1-8-10-11-12-13-14-23-31-38-45-52-68(73)81-59-67(88-71(76)55-48-41-34-27-26-30-37-44-51-64(7)9-2)61-86-90(79,80)84-57-65(72)56-83-89(77,78)85-60-66(58-82-69(74)53-46-39-32-25-20-22-29-36-43-50-63(5)6)87-70(75)54-47-40-33-24-19-17-15-16-18-21-28-35-42-49-62(3)4/h62-67,72H,8-61H2,1-7H3,(H,77,78)(H,79,80)/t64?,65-,66-,67-/m1/s1. The number of rotatable bonds is 69. The molecule has 0 aliphatic heterocycles. The number of aliphatic hydroxyl groups is 1. The Morgan fingerprint density at radius 1 is 0.322 bits per heavy atom. The summed E-state index contributed by atoms with van der Waals surface area (Å²) in [6, 6.07) is 0. The van der Waals surface area contributed by atoms with Gasteiger partial charge in [0.05, 0.1) is 26.4 Å². The number of carbonyl (C=O) groups is 4. The average molecular weight is 1330 g/mol. The lowest BCUT2D eigenvalue weighted by Gasteiger charge is -2.21. The highest BCUT2D eigenvalue weighted by Gasteiger charge is 2.30. The van der Waals surface area contributed by atoms with Crippen molar-refractivity contribution in [1.29, 1.82) is 0 Å². The zero-order valence-corrected chi connectivity index (χ0v) is 60.4. The van der Waals surface area contributed by atoms with Crippen LogP contribution < -0.4 is 0 Å². The van der Waals surface area contributed by atoms with Gasteiger partial charge in [-0.1, -0.05) is 305 Å². The highest BCUT2D eigenvalue weighted by molar-refractivity contribution is 7.47. The van der Waals surface area contributed by atoms with E-state index in [-0.39, 0.29) is 25.7 Å². The largest absolute Gasteiger partial charge is 0.472 e. The number of ether oxygens (including phenoxy) is 4.